The van der Waals surface area contributed by atoms with Crippen molar-refractivity contribution in [1.29, 1.82) is 0 Å². The van der Waals surface area contributed by atoms with E-state index in [0.29, 0.717) is 0 Å². The monoisotopic (exact) mass is 444 g/mol. The lowest BCUT2D eigenvalue weighted by atomic mass is 9.92. The van der Waals surface area contributed by atoms with Gasteiger partial charge in [0.1, 0.15) is 0 Å². The molecule has 33 heavy (non-hydrogen) atoms. The Kier molecular flexibility index (Phi) is 5.89. The second-order valence-corrected chi connectivity index (χ2v) is 9.14. The molecule has 0 aromatic carbocycles. The van der Waals surface area contributed by atoms with Crippen molar-refractivity contribution in [3.8, 4) is 0 Å². The van der Waals surface area contributed by atoms with Crippen molar-refractivity contribution >= 4 is 17.0 Å². The minimum absolute atomic E-state index is 0.0278. The summed E-state index contributed by atoms with van der Waals surface area (Å²) in [4.78, 5) is 22.3. The molecule has 0 spiro atoms. The number of aromatic nitrogens is 3. The van der Waals surface area contributed by atoms with Crippen LogP contribution in [0.15, 0.2) is 54.2 Å². The van der Waals surface area contributed by atoms with E-state index >= 15 is 0 Å². The molecule has 0 aliphatic carbocycles. The Morgan fingerprint density at radius 3 is 2.76 bits per heavy atom. The number of nitrogens with one attached hydrogen (secondary N) is 1. The molecule has 2 aromatic rings. The van der Waals surface area contributed by atoms with E-state index in [0.717, 1.165) is 85.0 Å². The molecule has 0 saturated carbocycles. The van der Waals surface area contributed by atoms with E-state index in [1.165, 1.54) is 0 Å². The van der Waals surface area contributed by atoms with Gasteiger partial charge in [-0.15, -0.1) is 0 Å². The summed E-state index contributed by atoms with van der Waals surface area (Å²) in [6.45, 7) is 10.2. The molecule has 3 aliphatic rings. The van der Waals surface area contributed by atoms with Gasteiger partial charge >= 0.3 is 0 Å². The second kappa shape index (κ2) is 8.98. The van der Waals surface area contributed by atoms with Crippen molar-refractivity contribution in [3.05, 3.63) is 71.2 Å². The molecule has 5 rings (SSSR count). The summed E-state index contributed by atoms with van der Waals surface area (Å²) < 4.78 is 1.92. The zero-order chi connectivity index (χ0) is 22.9. The summed E-state index contributed by atoms with van der Waals surface area (Å²) in [6.07, 6.45) is 14.9. The molecule has 3 aliphatic heterocycles. The van der Waals surface area contributed by atoms with Gasteiger partial charge in [0, 0.05) is 44.2 Å². The fraction of sp³-hybridized carbons (Fsp3) is 0.423. The summed E-state index contributed by atoms with van der Waals surface area (Å²) in [6, 6.07) is 2.09. The molecule has 1 amide bonds. The molecule has 7 heteroatoms. The van der Waals surface area contributed by atoms with Crippen LogP contribution < -0.4 is 5.32 Å². The molecule has 0 bridgehead atoms. The van der Waals surface area contributed by atoms with E-state index in [9.17, 15) is 4.79 Å². The van der Waals surface area contributed by atoms with Gasteiger partial charge in [-0.2, -0.15) is 5.10 Å². The van der Waals surface area contributed by atoms with Crippen molar-refractivity contribution in [3.63, 3.8) is 0 Å². The Hall–Kier alpha value is -3.19. The largest absolute Gasteiger partial charge is 0.368 e. The smallest absolute Gasteiger partial charge is 0.255 e. The standard InChI is InChI=1S/C26H32N6O/c1-4-5-23-25-15-24(29-32(25)16-19(3)28-23)22-14-26(33)31-17-21(30-12-10-27-11-13-30)9-8-20(31)7-6-18(22)2/h7-9,14-18,27H,4-6,10-13H2,1-3H3. The van der Waals surface area contributed by atoms with Crippen LogP contribution in [-0.2, 0) is 11.2 Å². The molecule has 5 heterocycles. The maximum atomic E-state index is 13.5. The first-order valence-electron chi connectivity index (χ1n) is 12.0. The molecular formula is C26H32N6O. The average molecular weight is 445 g/mol. The van der Waals surface area contributed by atoms with Gasteiger partial charge in [0.2, 0.25) is 0 Å². The van der Waals surface area contributed by atoms with Crippen LogP contribution in [0, 0.1) is 12.8 Å². The van der Waals surface area contributed by atoms with E-state index < -0.39 is 0 Å². The van der Waals surface area contributed by atoms with Gasteiger partial charge < -0.3 is 10.2 Å². The Balaban J connectivity index is 1.50. The number of allylic oxidation sites excluding steroid dienone is 4. The number of carbonyl (C=O) groups is 1. The molecule has 0 radical (unpaired) electrons. The van der Waals surface area contributed by atoms with E-state index in [4.69, 9.17) is 10.1 Å². The van der Waals surface area contributed by atoms with E-state index in [1.54, 1.807) is 11.0 Å². The molecule has 1 N–H and O–H groups in total. The van der Waals surface area contributed by atoms with Gasteiger partial charge in [-0.05, 0) is 49.5 Å². The molecular weight excluding hydrogens is 412 g/mol. The van der Waals surface area contributed by atoms with E-state index in [-0.39, 0.29) is 11.8 Å². The zero-order valence-electron chi connectivity index (χ0n) is 19.7. The van der Waals surface area contributed by atoms with Gasteiger partial charge in [0.05, 0.1) is 34.5 Å². The van der Waals surface area contributed by atoms with Crippen LogP contribution in [0.5, 0.6) is 0 Å². The zero-order valence-corrected chi connectivity index (χ0v) is 19.7. The number of hydrogen-bond donors (Lipinski definition) is 1. The maximum Gasteiger partial charge on any atom is 0.255 e. The van der Waals surface area contributed by atoms with Crippen LogP contribution >= 0.6 is 0 Å². The highest BCUT2D eigenvalue weighted by Crippen LogP contribution is 2.32. The molecule has 1 saturated heterocycles. The first-order valence-corrected chi connectivity index (χ1v) is 12.0. The number of nitrogens with zero attached hydrogens (tertiary/aromatic N) is 5. The molecule has 2 aromatic heterocycles. The van der Waals surface area contributed by atoms with Crippen molar-refractivity contribution < 1.29 is 4.79 Å². The van der Waals surface area contributed by atoms with Crippen molar-refractivity contribution in [2.75, 3.05) is 26.2 Å². The third-order valence-electron chi connectivity index (χ3n) is 6.61. The lowest BCUT2D eigenvalue weighted by Gasteiger charge is -2.34. The summed E-state index contributed by atoms with van der Waals surface area (Å²) in [5, 5.41) is 8.25. The minimum Gasteiger partial charge on any atom is -0.368 e. The van der Waals surface area contributed by atoms with E-state index in [1.807, 2.05) is 23.8 Å². The predicted molar refractivity (Wildman–Crippen MR) is 130 cm³/mol. The summed E-state index contributed by atoms with van der Waals surface area (Å²) >= 11 is 0. The summed E-state index contributed by atoms with van der Waals surface area (Å²) in [5.74, 6) is 0.157. The van der Waals surface area contributed by atoms with Crippen LogP contribution in [0.2, 0.25) is 0 Å². The topological polar surface area (TPSA) is 65.8 Å². The van der Waals surface area contributed by atoms with Crippen LogP contribution in [0.1, 0.15) is 43.8 Å². The number of piperazine rings is 1. The van der Waals surface area contributed by atoms with Gasteiger partial charge in [0.25, 0.3) is 5.91 Å². The minimum atomic E-state index is -0.0278. The molecule has 1 unspecified atom stereocenters. The Morgan fingerprint density at radius 1 is 1.18 bits per heavy atom. The molecule has 7 nitrogen and oxygen atoms in total. The number of amides is 1. The highest BCUT2D eigenvalue weighted by Gasteiger charge is 2.25. The fourth-order valence-electron chi connectivity index (χ4n) is 4.81. The van der Waals surface area contributed by atoms with Gasteiger partial charge in [-0.3, -0.25) is 14.7 Å². The number of fused-ring (bicyclic) bond motifs is 2. The van der Waals surface area contributed by atoms with Crippen molar-refractivity contribution in [2.24, 2.45) is 5.92 Å². The third kappa shape index (κ3) is 4.25. The Morgan fingerprint density at radius 2 is 1.97 bits per heavy atom. The van der Waals surface area contributed by atoms with Gasteiger partial charge in [0.15, 0.2) is 0 Å². The number of aryl methyl sites for hydroxylation is 2. The van der Waals surface area contributed by atoms with Crippen molar-refractivity contribution in [1.82, 2.24) is 29.7 Å². The number of carbonyl (C=O) groups excluding carboxylic acids is 1. The van der Waals surface area contributed by atoms with Crippen LogP contribution in [0.25, 0.3) is 11.1 Å². The molecule has 1 fully saturated rings. The second-order valence-electron chi connectivity index (χ2n) is 9.14. The van der Waals surface area contributed by atoms with Gasteiger partial charge in [-0.25, -0.2) is 4.52 Å². The van der Waals surface area contributed by atoms with E-state index in [2.05, 4.69) is 48.4 Å². The lowest BCUT2D eigenvalue weighted by molar-refractivity contribution is -0.122. The SMILES string of the molecule is CCCc1nc(C)cn2nc(C3=CC(=O)N4C=C(N5CCNCC5)C=CC4=CCC3C)cc12. The first-order chi connectivity index (χ1) is 16.0. The molecule has 1 atom stereocenters. The highest BCUT2D eigenvalue weighted by atomic mass is 16.2. The quantitative estimate of drug-likeness (QED) is 0.783. The molecule has 172 valence electrons. The summed E-state index contributed by atoms with van der Waals surface area (Å²) in [7, 11) is 0. The van der Waals surface area contributed by atoms with Crippen LogP contribution in [-0.4, -0.2) is 56.5 Å². The average Bonchev–Trinajstić information content (AvgIpc) is 3.24. The highest BCUT2D eigenvalue weighted by molar-refractivity contribution is 5.98. The normalized spacial score (nSPS) is 21.4. The van der Waals surface area contributed by atoms with Crippen LogP contribution in [0.4, 0.5) is 0 Å². The van der Waals surface area contributed by atoms with Crippen LogP contribution in [0.3, 0.4) is 0 Å². The number of rotatable bonds is 4. The maximum absolute atomic E-state index is 13.5. The predicted octanol–water partition coefficient (Wildman–Crippen LogP) is 3.44. The fourth-order valence-corrected chi connectivity index (χ4v) is 4.81. The summed E-state index contributed by atoms with van der Waals surface area (Å²) in [5.41, 5.74) is 6.91. The van der Waals surface area contributed by atoms with Gasteiger partial charge in [-0.1, -0.05) is 26.3 Å². The number of hydrogen-bond acceptors (Lipinski definition) is 5. The third-order valence-corrected chi connectivity index (χ3v) is 6.61. The lowest BCUT2D eigenvalue weighted by Crippen LogP contribution is -2.43. The Labute approximate surface area is 195 Å². The Bertz CT molecular complexity index is 1190. The van der Waals surface area contributed by atoms with Crippen molar-refractivity contribution in [2.45, 2.75) is 40.0 Å². The first kappa shape index (κ1) is 21.6.